The van der Waals surface area contributed by atoms with Crippen LogP contribution in [0.2, 0.25) is 0 Å². The van der Waals surface area contributed by atoms with E-state index in [4.69, 9.17) is 9.84 Å². The molecule has 0 bridgehead atoms. The second-order valence-corrected chi connectivity index (χ2v) is 3.10. The Labute approximate surface area is 81.6 Å². The van der Waals surface area contributed by atoms with Crippen LogP contribution in [-0.4, -0.2) is 17.7 Å². The number of aliphatic carboxylic acids is 1. The summed E-state index contributed by atoms with van der Waals surface area (Å²) in [5.74, 6) is -0.136. The fourth-order valence-electron chi connectivity index (χ4n) is 1.56. The molecule has 1 aliphatic heterocycles. The summed E-state index contributed by atoms with van der Waals surface area (Å²) in [5, 5.41) is 8.67. The van der Waals surface area contributed by atoms with Crippen molar-refractivity contribution in [3.05, 3.63) is 35.9 Å². The predicted molar refractivity (Wildman–Crippen MR) is 52.2 cm³/mol. The first kappa shape index (κ1) is 8.81. The summed E-state index contributed by atoms with van der Waals surface area (Å²) in [6.07, 6.45) is 1.91. The first-order chi connectivity index (χ1) is 6.77. The van der Waals surface area contributed by atoms with Gasteiger partial charge in [0.15, 0.2) is 0 Å². The molecular formula is C11H10O3. The topological polar surface area (TPSA) is 46.5 Å². The fraction of sp³-hybridized carbons (Fsp3) is 0.182. The van der Waals surface area contributed by atoms with Crippen molar-refractivity contribution in [2.75, 3.05) is 6.61 Å². The number of rotatable bonds is 1. The maximum atomic E-state index is 10.6. The lowest BCUT2D eigenvalue weighted by Gasteiger charge is -2.19. The number of hydrogen-bond acceptors (Lipinski definition) is 2. The standard InChI is InChI=1S/C11H10O3/c12-11(13)7-8-5-6-14-10-4-2-1-3-9(8)10/h1-4,7H,5-6H2,(H,12,13). The number of hydrogen-bond donors (Lipinski definition) is 1. The van der Waals surface area contributed by atoms with Crippen molar-refractivity contribution in [2.45, 2.75) is 6.42 Å². The Hall–Kier alpha value is -1.77. The van der Waals surface area contributed by atoms with Crippen LogP contribution >= 0.6 is 0 Å². The highest BCUT2D eigenvalue weighted by Crippen LogP contribution is 2.32. The molecular weight excluding hydrogens is 180 g/mol. The molecule has 0 fully saturated rings. The van der Waals surface area contributed by atoms with Crippen molar-refractivity contribution in [3.8, 4) is 5.75 Å². The fourth-order valence-corrected chi connectivity index (χ4v) is 1.56. The van der Waals surface area contributed by atoms with Gasteiger partial charge in [0.05, 0.1) is 6.61 Å². The van der Waals surface area contributed by atoms with Gasteiger partial charge < -0.3 is 9.84 Å². The molecule has 14 heavy (non-hydrogen) atoms. The third-order valence-corrected chi connectivity index (χ3v) is 2.16. The second kappa shape index (κ2) is 3.54. The molecule has 0 aromatic heterocycles. The van der Waals surface area contributed by atoms with Crippen molar-refractivity contribution < 1.29 is 14.6 Å². The van der Waals surface area contributed by atoms with Crippen LogP contribution in [0.25, 0.3) is 5.57 Å². The Bertz CT molecular complexity index is 393. The monoisotopic (exact) mass is 190 g/mol. The third kappa shape index (κ3) is 1.62. The number of benzene rings is 1. The smallest absolute Gasteiger partial charge is 0.328 e. The minimum Gasteiger partial charge on any atom is -0.493 e. The van der Waals surface area contributed by atoms with Crippen LogP contribution in [0, 0.1) is 0 Å². The average molecular weight is 190 g/mol. The van der Waals surface area contributed by atoms with Gasteiger partial charge in [-0.05, 0) is 11.6 Å². The highest BCUT2D eigenvalue weighted by Gasteiger charge is 2.14. The maximum Gasteiger partial charge on any atom is 0.328 e. The molecule has 3 nitrogen and oxygen atoms in total. The molecule has 0 amide bonds. The van der Waals surface area contributed by atoms with Gasteiger partial charge in [0.2, 0.25) is 0 Å². The van der Waals surface area contributed by atoms with Crippen LogP contribution in [0.4, 0.5) is 0 Å². The van der Waals surface area contributed by atoms with E-state index in [1.54, 1.807) is 0 Å². The summed E-state index contributed by atoms with van der Waals surface area (Å²) in [4.78, 5) is 10.6. The van der Waals surface area contributed by atoms with Gasteiger partial charge >= 0.3 is 5.97 Å². The molecule has 0 aliphatic carbocycles. The Balaban J connectivity index is 2.45. The van der Waals surface area contributed by atoms with Gasteiger partial charge in [-0.3, -0.25) is 0 Å². The van der Waals surface area contributed by atoms with Gasteiger partial charge in [-0.25, -0.2) is 4.79 Å². The largest absolute Gasteiger partial charge is 0.493 e. The zero-order valence-corrected chi connectivity index (χ0v) is 7.56. The van der Waals surface area contributed by atoms with Crippen LogP contribution in [0.1, 0.15) is 12.0 Å². The van der Waals surface area contributed by atoms with Crippen molar-refractivity contribution >= 4 is 11.5 Å². The van der Waals surface area contributed by atoms with E-state index >= 15 is 0 Å². The lowest BCUT2D eigenvalue weighted by atomic mass is 10.00. The first-order valence-corrected chi connectivity index (χ1v) is 4.43. The van der Waals surface area contributed by atoms with Gasteiger partial charge in [-0.15, -0.1) is 0 Å². The average Bonchev–Trinajstić information content (AvgIpc) is 2.18. The first-order valence-electron chi connectivity index (χ1n) is 4.43. The van der Waals surface area contributed by atoms with E-state index in [2.05, 4.69) is 0 Å². The summed E-state index contributed by atoms with van der Waals surface area (Å²) in [5.41, 5.74) is 1.72. The van der Waals surface area contributed by atoms with Gasteiger partial charge in [-0.2, -0.15) is 0 Å². The van der Waals surface area contributed by atoms with Crippen LogP contribution < -0.4 is 4.74 Å². The molecule has 1 aliphatic rings. The van der Waals surface area contributed by atoms with Crippen LogP contribution in [0.3, 0.4) is 0 Å². The lowest BCUT2D eigenvalue weighted by Crippen LogP contribution is -2.08. The summed E-state index contributed by atoms with van der Waals surface area (Å²) in [6, 6.07) is 7.49. The van der Waals surface area contributed by atoms with E-state index in [9.17, 15) is 4.79 Å². The Morgan fingerprint density at radius 3 is 3.00 bits per heavy atom. The molecule has 1 N–H and O–H groups in total. The van der Waals surface area contributed by atoms with E-state index in [0.29, 0.717) is 13.0 Å². The number of ether oxygens (including phenoxy) is 1. The van der Waals surface area contributed by atoms with Gasteiger partial charge in [0.1, 0.15) is 5.75 Å². The minimum absolute atomic E-state index is 0.552. The number of carboxylic acid groups (broad SMARTS) is 1. The van der Waals surface area contributed by atoms with Gasteiger partial charge in [0, 0.05) is 18.1 Å². The van der Waals surface area contributed by atoms with Crippen molar-refractivity contribution in [2.24, 2.45) is 0 Å². The minimum atomic E-state index is -0.906. The zero-order chi connectivity index (χ0) is 9.97. The van der Waals surface area contributed by atoms with Crippen LogP contribution in [0.5, 0.6) is 5.75 Å². The van der Waals surface area contributed by atoms with E-state index in [1.165, 1.54) is 6.08 Å². The van der Waals surface area contributed by atoms with Crippen molar-refractivity contribution in [1.29, 1.82) is 0 Å². The molecule has 1 aromatic rings. The summed E-state index contributed by atoms with van der Waals surface area (Å²) in [6.45, 7) is 0.552. The van der Waals surface area contributed by atoms with E-state index in [-0.39, 0.29) is 0 Å². The molecule has 0 saturated heterocycles. The highest BCUT2D eigenvalue weighted by atomic mass is 16.5. The molecule has 0 saturated carbocycles. The highest BCUT2D eigenvalue weighted by molar-refractivity contribution is 5.91. The molecule has 72 valence electrons. The number of para-hydroxylation sites is 1. The molecule has 0 spiro atoms. The van der Waals surface area contributed by atoms with E-state index in [1.807, 2.05) is 24.3 Å². The summed E-state index contributed by atoms with van der Waals surface area (Å²) in [7, 11) is 0. The van der Waals surface area contributed by atoms with Crippen LogP contribution in [0.15, 0.2) is 30.3 Å². The predicted octanol–water partition coefficient (Wildman–Crippen LogP) is 1.94. The molecule has 1 aromatic carbocycles. The molecule has 0 atom stereocenters. The number of carboxylic acids is 1. The molecule has 0 unspecified atom stereocenters. The molecule has 1 heterocycles. The molecule has 2 rings (SSSR count). The maximum absolute atomic E-state index is 10.6. The molecule has 0 radical (unpaired) electrons. The Morgan fingerprint density at radius 2 is 2.21 bits per heavy atom. The number of fused-ring (bicyclic) bond motifs is 1. The second-order valence-electron chi connectivity index (χ2n) is 3.10. The SMILES string of the molecule is O=C(O)C=C1CCOc2ccccc21. The summed E-state index contributed by atoms with van der Waals surface area (Å²) < 4.78 is 5.40. The summed E-state index contributed by atoms with van der Waals surface area (Å²) >= 11 is 0. The Morgan fingerprint density at radius 1 is 1.43 bits per heavy atom. The zero-order valence-electron chi connectivity index (χ0n) is 7.56. The quantitative estimate of drug-likeness (QED) is 0.688. The van der Waals surface area contributed by atoms with Gasteiger partial charge in [0.25, 0.3) is 0 Å². The van der Waals surface area contributed by atoms with Crippen molar-refractivity contribution in [1.82, 2.24) is 0 Å². The van der Waals surface area contributed by atoms with Crippen molar-refractivity contribution in [3.63, 3.8) is 0 Å². The van der Waals surface area contributed by atoms with E-state index in [0.717, 1.165) is 16.9 Å². The van der Waals surface area contributed by atoms with E-state index < -0.39 is 5.97 Å². The van der Waals surface area contributed by atoms with Gasteiger partial charge in [-0.1, -0.05) is 18.2 Å². The van der Waals surface area contributed by atoms with Crippen LogP contribution in [-0.2, 0) is 4.79 Å². The molecule has 3 heteroatoms. The third-order valence-electron chi connectivity index (χ3n) is 2.16. The lowest BCUT2D eigenvalue weighted by molar-refractivity contribution is -0.131. The normalized spacial score (nSPS) is 17.3. The Kier molecular flexibility index (Phi) is 2.23. The number of carbonyl (C=O) groups is 1.